The van der Waals surface area contributed by atoms with Crippen molar-refractivity contribution >= 4 is 72.6 Å². The first kappa shape index (κ1) is 15.4. The van der Waals surface area contributed by atoms with E-state index < -0.39 is 0 Å². The summed E-state index contributed by atoms with van der Waals surface area (Å²) in [6, 6.07) is 4.82. The maximum absolute atomic E-state index is 12.8. The van der Waals surface area contributed by atoms with Crippen molar-refractivity contribution in [1.82, 2.24) is 0 Å². The Kier molecular flexibility index (Phi) is 3.65. The molecule has 4 rings (SSSR count). The van der Waals surface area contributed by atoms with E-state index in [0.29, 0.717) is 15.7 Å². The predicted molar refractivity (Wildman–Crippen MR) is 93.0 cm³/mol. The van der Waals surface area contributed by atoms with Crippen LogP contribution in [0.15, 0.2) is 18.2 Å². The first-order valence-corrected chi connectivity index (χ1v) is 9.61. The third-order valence-electron chi connectivity index (χ3n) is 5.09. The molecule has 3 aliphatic rings. The molecule has 0 N–H and O–H groups in total. The van der Waals surface area contributed by atoms with Crippen molar-refractivity contribution < 1.29 is 9.59 Å². The van der Waals surface area contributed by atoms with Crippen molar-refractivity contribution in [2.45, 2.75) is 16.1 Å². The lowest BCUT2D eigenvalue weighted by Crippen LogP contribution is -2.37. The van der Waals surface area contributed by atoms with Gasteiger partial charge in [-0.25, -0.2) is 4.90 Å². The van der Waals surface area contributed by atoms with Gasteiger partial charge in [0.1, 0.15) is 0 Å². The van der Waals surface area contributed by atoms with Crippen molar-refractivity contribution in [3.8, 4) is 0 Å². The second kappa shape index (κ2) is 5.20. The highest BCUT2D eigenvalue weighted by Gasteiger charge is 2.66. The maximum Gasteiger partial charge on any atom is 0.238 e. The lowest BCUT2D eigenvalue weighted by molar-refractivity contribution is -0.123. The van der Waals surface area contributed by atoms with Gasteiger partial charge in [0.25, 0.3) is 0 Å². The molecule has 2 bridgehead atoms. The number of fused-ring (bicyclic) bond motifs is 5. The molecule has 7 heteroatoms. The zero-order valence-electron chi connectivity index (χ0n) is 11.2. The number of halogens is 4. The molecular formula is C15H11Br2Cl2NO2. The number of hydrogen-bond acceptors (Lipinski definition) is 2. The van der Waals surface area contributed by atoms with Crippen LogP contribution >= 0.6 is 55.1 Å². The smallest absolute Gasteiger partial charge is 0.238 e. The highest BCUT2D eigenvalue weighted by molar-refractivity contribution is 9.12. The Bertz CT molecular complexity index is 646. The fraction of sp³-hybridized carbons (Fsp3) is 0.467. The molecule has 116 valence electrons. The highest BCUT2D eigenvalue weighted by atomic mass is 79.9. The lowest BCUT2D eigenvalue weighted by Gasteiger charge is -2.28. The zero-order chi connectivity index (χ0) is 15.8. The first-order valence-electron chi connectivity index (χ1n) is 7.02. The van der Waals surface area contributed by atoms with Gasteiger partial charge in [-0.3, -0.25) is 9.59 Å². The average Bonchev–Trinajstić information content (AvgIpc) is 3.03. The third-order valence-corrected chi connectivity index (χ3v) is 8.74. The van der Waals surface area contributed by atoms with Crippen LogP contribution in [0.3, 0.4) is 0 Å². The normalized spacial score (nSPS) is 39.7. The van der Waals surface area contributed by atoms with Crippen molar-refractivity contribution in [3.63, 3.8) is 0 Å². The standard InChI is InChI=1S/C15H11Br2Cl2NO2/c16-12-8-4-9(13(12)17)11-10(8)14(21)20(15(11)22)7-2-5(18)1-6(19)3-7/h1-3,8-13H,4H2/t8-,9+,10-,11-,12-,13+/m0/s1. The molecule has 1 aliphatic heterocycles. The second-order valence-corrected chi connectivity index (χ2v) is 9.13. The van der Waals surface area contributed by atoms with Crippen LogP contribution in [0.1, 0.15) is 6.42 Å². The minimum absolute atomic E-state index is 0.121. The minimum Gasteiger partial charge on any atom is -0.274 e. The molecule has 6 atom stereocenters. The fourth-order valence-electron chi connectivity index (χ4n) is 4.27. The second-order valence-electron chi connectivity index (χ2n) is 6.14. The van der Waals surface area contributed by atoms with Crippen molar-refractivity contribution in [3.05, 3.63) is 28.2 Å². The van der Waals surface area contributed by atoms with Crippen LogP contribution in [0, 0.1) is 23.7 Å². The van der Waals surface area contributed by atoms with E-state index in [4.69, 9.17) is 23.2 Å². The minimum atomic E-state index is -0.228. The van der Waals surface area contributed by atoms with E-state index >= 15 is 0 Å². The number of imide groups is 1. The Labute approximate surface area is 154 Å². The van der Waals surface area contributed by atoms with Gasteiger partial charge in [0.15, 0.2) is 0 Å². The van der Waals surface area contributed by atoms with E-state index in [1.165, 1.54) is 4.90 Å². The van der Waals surface area contributed by atoms with Gasteiger partial charge in [-0.2, -0.15) is 0 Å². The quantitative estimate of drug-likeness (QED) is 0.457. The number of carbonyl (C=O) groups is 2. The molecule has 0 radical (unpaired) electrons. The Balaban J connectivity index is 1.76. The van der Waals surface area contributed by atoms with Crippen LogP contribution in [0.2, 0.25) is 10.0 Å². The monoisotopic (exact) mass is 465 g/mol. The number of hydrogen-bond donors (Lipinski definition) is 0. The Morgan fingerprint density at radius 1 is 0.909 bits per heavy atom. The summed E-state index contributed by atoms with van der Waals surface area (Å²) >= 11 is 19.4. The zero-order valence-corrected chi connectivity index (χ0v) is 15.9. The van der Waals surface area contributed by atoms with Crippen molar-refractivity contribution in [1.29, 1.82) is 0 Å². The van der Waals surface area contributed by atoms with Gasteiger partial charge in [-0.05, 0) is 36.5 Å². The Morgan fingerprint density at radius 3 is 1.82 bits per heavy atom. The molecule has 0 spiro atoms. The van der Waals surface area contributed by atoms with Gasteiger partial charge in [0, 0.05) is 19.7 Å². The number of benzene rings is 1. The fourth-order valence-corrected chi connectivity index (χ4v) is 6.66. The van der Waals surface area contributed by atoms with Crippen LogP contribution in [-0.4, -0.2) is 21.5 Å². The summed E-state index contributed by atoms with van der Waals surface area (Å²) in [6.07, 6.45) is 0.919. The van der Waals surface area contributed by atoms with Crippen LogP contribution in [0.5, 0.6) is 0 Å². The molecule has 3 nitrogen and oxygen atoms in total. The molecule has 2 aliphatic carbocycles. The van der Waals surface area contributed by atoms with Crippen LogP contribution in [-0.2, 0) is 9.59 Å². The molecule has 1 aromatic rings. The summed E-state index contributed by atoms with van der Waals surface area (Å²) in [5.41, 5.74) is 0.471. The van der Waals surface area contributed by atoms with Gasteiger partial charge >= 0.3 is 0 Å². The number of amides is 2. The van der Waals surface area contributed by atoms with Crippen LogP contribution < -0.4 is 4.90 Å². The van der Waals surface area contributed by atoms with E-state index in [2.05, 4.69) is 31.9 Å². The van der Waals surface area contributed by atoms with Crippen molar-refractivity contribution in [2.24, 2.45) is 23.7 Å². The van der Waals surface area contributed by atoms with E-state index in [1.807, 2.05) is 0 Å². The van der Waals surface area contributed by atoms with Crippen molar-refractivity contribution in [2.75, 3.05) is 4.90 Å². The summed E-state index contributed by atoms with van der Waals surface area (Å²) in [5.74, 6) is -0.290. The molecule has 2 saturated carbocycles. The molecule has 1 aromatic carbocycles. The summed E-state index contributed by atoms with van der Waals surface area (Å²) < 4.78 is 0. The summed E-state index contributed by atoms with van der Waals surface area (Å²) in [5, 5.41) is 0.833. The number of rotatable bonds is 1. The van der Waals surface area contributed by atoms with E-state index in [9.17, 15) is 9.59 Å². The topological polar surface area (TPSA) is 37.4 Å². The van der Waals surface area contributed by atoms with Gasteiger partial charge in [0.05, 0.1) is 17.5 Å². The third kappa shape index (κ3) is 1.98. The molecule has 1 saturated heterocycles. The summed E-state index contributed by atoms with van der Waals surface area (Å²) in [6.45, 7) is 0. The maximum atomic E-state index is 12.8. The lowest BCUT2D eigenvalue weighted by atomic mass is 9.81. The first-order chi connectivity index (χ1) is 10.4. The van der Waals surface area contributed by atoms with Gasteiger partial charge < -0.3 is 0 Å². The SMILES string of the molecule is O=C1[C@H]2[C@@H]3C[C@@H]([C@@H](Br)[C@H]3Br)[C@@H]2C(=O)N1c1cc(Cl)cc(Cl)c1. The molecule has 2 amide bonds. The molecule has 22 heavy (non-hydrogen) atoms. The summed E-state index contributed by atoms with van der Waals surface area (Å²) in [7, 11) is 0. The number of nitrogens with zero attached hydrogens (tertiary/aromatic N) is 1. The molecule has 1 heterocycles. The van der Waals surface area contributed by atoms with E-state index in [0.717, 1.165) is 6.42 Å². The molecular weight excluding hydrogens is 457 g/mol. The molecule has 0 aromatic heterocycles. The predicted octanol–water partition coefficient (Wildman–Crippen LogP) is 4.28. The van der Waals surface area contributed by atoms with Gasteiger partial charge in [-0.15, -0.1) is 0 Å². The average molecular weight is 468 g/mol. The summed E-state index contributed by atoms with van der Waals surface area (Å²) in [4.78, 5) is 27.4. The number of alkyl halides is 2. The largest absolute Gasteiger partial charge is 0.274 e. The Morgan fingerprint density at radius 2 is 1.36 bits per heavy atom. The number of anilines is 1. The molecule has 3 fully saturated rings. The van der Waals surface area contributed by atoms with Gasteiger partial charge in [0.2, 0.25) is 11.8 Å². The highest BCUT2D eigenvalue weighted by Crippen LogP contribution is 2.60. The van der Waals surface area contributed by atoms with Crippen LogP contribution in [0.25, 0.3) is 0 Å². The van der Waals surface area contributed by atoms with Gasteiger partial charge in [-0.1, -0.05) is 55.1 Å². The Hall–Kier alpha value is -0.100. The number of carbonyl (C=O) groups excluding carboxylic acids is 2. The van der Waals surface area contributed by atoms with E-state index in [1.54, 1.807) is 18.2 Å². The molecule has 0 unspecified atom stereocenters. The van der Waals surface area contributed by atoms with E-state index in [-0.39, 0.29) is 45.1 Å². The van der Waals surface area contributed by atoms with Crippen LogP contribution in [0.4, 0.5) is 5.69 Å².